The summed E-state index contributed by atoms with van der Waals surface area (Å²) in [6.07, 6.45) is 5.99. The van der Waals surface area contributed by atoms with Crippen LogP contribution in [0.5, 0.6) is 0 Å². The summed E-state index contributed by atoms with van der Waals surface area (Å²) in [5, 5.41) is 3.20. The van der Waals surface area contributed by atoms with Crippen LogP contribution in [0.25, 0.3) is 0 Å². The zero-order valence-electron chi connectivity index (χ0n) is 11.8. The Morgan fingerprint density at radius 2 is 2.16 bits per heavy atom. The van der Waals surface area contributed by atoms with Crippen molar-refractivity contribution in [2.75, 3.05) is 38.1 Å². The number of nitrogens with zero attached hydrogens (tertiary/aromatic N) is 3. The van der Waals surface area contributed by atoms with Crippen molar-refractivity contribution in [3.8, 4) is 0 Å². The normalized spacial score (nSPS) is 24.3. The molecule has 3 rings (SSSR count). The molecule has 0 aliphatic carbocycles. The molecule has 19 heavy (non-hydrogen) atoms. The van der Waals surface area contributed by atoms with E-state index < -0.39 is 0 Å². The molecule has 2 fully saturated rings. The molecule has 1 aromatic rings. The van der Waals surface area contributed by atoms with Crippen molar-refractivity contribution >= 4 is 5.82 Å². The summed E-state index contributed by atoms with van der Waals surface area (Å²) in [5.41, 5.74) is 1.32. The summed E-state index contributed by atoms with van der Waals surface area (Å²) in [6, 6.07) is 5.06. The standard InChI is InChI=1S/C15H24N4/c1-16-11-13-4-6-17-15(10-13)19-9-5-14(12-19)18-7-2-3-8-18/h4,6,10,14,16H,2-3,5,7-9,11-12H2,1H3. The van der Waals surface area contributed by atoms with E-state index in [9.17, 15) is 0 Å². The highest BCUT2D eigenvalue weighted by Crippen LogP contribution is 2.24. The molecule has 2 saturated heterocycles. The van der Waals surface area contributed by atoms with E-state index in [0.717, 1.165) is 31.5 Å². The van der Waals surface area contributed by atoms with Gasteiger partial charge in [-0.3, -0.25) is 4.90 Å². The topological polar surface area (TPSA) is 31.4 Å². The largest absolute Gasteiger partial charge is 0.355 e. The number of pyridine rings is 1. The molecule has 3 heterocycles. The predicted octanol–water partition coefficient (Wildman–Crippen LogP) is 1.48. The van der Waals surface area contributed by atoms with Crippen molar-refractivity contribution in [1.29, 1.82) is 0 Å². The lowest BCUT2D eigenvalue weighted by molar-refractivity contribution is 0.260. The molecule has 2 aliphatic rings. The minimum atomic E-state index is 0.747. The third-order valence-corrected chi connectivity index (χ3v) is 4.34. The average molecular weight is 260 g/mol. The Labute approximate surface area is 115 Å². The number of rotatable bonds is 4. The van der Waals surface area contributed by atoms with E-state index >= 15 is 0 Å². The van der Waals surface area contributed by atoms with Gasteiger partial charge in [0.15, 0.2) is 0 Å². The highest BCUT2D eigenvalue weighted by molar-refractivity contribution is 5.42. The number of nitrogens with one attached hydrogen (secondary N) is 1. The van der Waals surface area contributed by atoms with E-state index in [1.165, 1.54) is 37.9 Å². The van der Waals surface area contributed by atoms with E-state index in [1.807, 2.05) is 13.2 Å². The predicted molar refractivity (Wildman–Crippen MR) is 78.4 cm³/mol. The van der Waals surface area contributed by atoms with Crippen molar-refractivity contribution < 1.29 is 0 Å². The summed E-state index contributed by atoms with van der Waals surface area (Å²) in [6.45, 7) is 5.81. The van der Waals surface area contributed by atoms with Crippen LogP contribution in [0.4, 0.5) is 5.82 Å². The maximum Gasteiger partial charge on any atom is 0.128 e. The summed E-state index contributed by atoms with van der Waals surface area (Å²) in [5.74, 6) is 1.15. The summed E-state index contributed by atoms with van der Waals surface area (Å²) >= 11 is 0. The minimum Gasteiger partial charge on any atom is -0.355 e. The molecule has 0 radical (unpaired) electrons. The van der Waals surface area contributed by atoms with Gasteiger partial charge < -0.3 is 10.2 Å². The van der Waals surface area contributed by atoms with Gasteiger partial charge in [0.05, 0.1) is 0 Å². The number of anilines is 1. The van der Waals surface area contributed by atoms with E-state index in [-0.39, 0.29) is 0 Å². The Hall–Kier alpha value is -1.13. The third kappa shape index (κ3) is 2.90. The van der Waals surface area contributed by atoms with E-state index in [0.29, 0.717) is 0 Å². The molecule has 0 aromatic carbocycles. The van der Waals surface area contributed by atoms with Crippen LogP contribution in [0.3, 0.4) is 0 Å². The molecular formula is C15H24N4. The van der Waals surface area contributed by atoms with Crippen molar-refractivity contribution in [3.63, 3.8) is 0 Å². The first-order valence-corrected chi connectivity index (χ1v) is 7.45. The SMILES string of the molecule is CNCc1ccnc(N2CCC(N3CCCC3)C2)c1. The van der Waals surface area contributed by atoms with Gasteiger partial charge in [-0.05, 0) is 57.1 Å². The lowest BCUT2D eigenvalue weighted by Crippen LogP contribution is -2.35. The number of likely N-dealkylation sites (tertiary alicyclic amines) is 1. The Morgan fingerprint density at radius 1 is 1.32 bits per heavy atom. The monoisotopic (exact) mass is 260 g/mol. The molecule has 4 nitrogen and oxygen atoms in total. The second-order valence-corrected chi connectivity index (χ2v) is 5.68. The third-order valence-electron chi connectivity index (χ3n) is 4.34. The van der Waals surface area contributed by atoms with E-state index in [1.54, 1.807) is 0 Å². The average Bonchev–Trinajstić information content (AvgIpc) is 3.11. The van der Waals surface area contributed by atoms with Crippen LogP contribution in [-0.4, -0.2) is 49.2 Å². The molecule has 4 heteroatoms. The molecule has 0 saturated carbocycles. The van der Waals surface area contributed by atoms with Gasteiger partial charge in [0.1, 0.15) is 5.82 Å². The number of hydrogen-bond acceptors (Lipinski definition) is 4. The quantitative estimate of drug-likeness (QED) is 0.888. The van der Waals surface area contributed by atoms with Crippen LogP contribution in [0.1, 0.15) is 24.8 Å². The fourth-order valence-corrected chi connectivity index (χ4v) is 3.30. The molecule has 1 atom stereocenters. The van der Waals surface area contributed by atoms with Gasteiger partial charge in [-0.1, -0.05) is 0 Å². The van der Waals surface area contributed by atoms with Crippen LogP contribution in [0.2, 0.25) is 0 Å². The fraction of sp³-hybridized carbons (Fsp3) is 0.667. The van der Waals surface area contributed by atoms with Gasteiger partial charge in [0, 0.05) is 31.9 Å². The second-order valence-electron chi connectivity index (χ2n) is 5.68. The van der Waals surface area contributed by atoms with Crippen molar-refractivity contribution in [2.45, 2.75) is 31.8 Å². The lowest BCUT2D eigenvalue weighted by Gasteiger charge is -2.24. The smallest absolute Gasteiger partial charge is 0.128 e. The first-order chi connectivity index (χ1) is 9.36. The Balaban J connectivity index is 1.65. The van der Waals surface area contributed by atoms with Gasteiger partial charge >= 0.3 is 0 Å². The zero-order valence-corrected chi connectivity index (χ0v) is 11.8. The molecule has 1 unspecified atom stereocenters. The fourth-order valence-electron chi connectivity index (χ4n) is 3.30. The minimum absolute atomic E-state index is 0.747. The first-order valence-electron chi connectivity index (χ1n) is 7.45. The summed E-state index contributed by atoms with van der Waals surface area (Å²) in [7, 11) is 1.99. The first kappa shape index (κ1) is 12.9. The Kier molecular flexibility index (Phi) is 3.99. The zero-order chi connectivity index (χ0) is 13.1. The van der Waals surface area contributed by atoms with Crippen molar-refractivity contribution in [2.24, 2.45) is 0 Å². The Bertz CT molecular complexity index is 414. The van der Waals surface area contributed by atoms with Crippen LogP contribution < -0.4 is 10.2 Å². The maximum absolute atomic E-state index is 4.54. The lowest BCUT2D eigenvalue weighted by atomic mass is 10.2. The van der Waals surface area contributed by atoms with Crippen molar-refractivity contribution in [3.05, 3.63) is 23.9 Å². The molecule has 0 bridgehead atoms. The van der Waals surface area contributed by atoms with Gasteiger partial charge in [-0.15, -0.1) is 0 Å². The van der Waals surface area contributed by atoms with E-state index in [4.69, 9.17) is 0 Å². The van der Waals surface area contributed by atoms with Crippen LogP contribution >= 0.6 is 0 Å². The van der Waals surface area contributed by atoms with Crippen LogP contribution in [0.15, 0.2) is 18.3 Å². The molecule has 0 amide bonds. The van der Waals surface area contributed by atoms with Gasteiger partial charge in [-0.25, -0.2) is 4.98 Å². The van der Waals surface area contributed by atoms with E-state index in [2.05, 4.69) is 32.2 Å². The van der Waals surface area contributed by atoms with Crippen LogP contribution in [-0.2, 0) is 6.54 Å². The molecular weight excluding hydrogens is 236 g/mol. The van der Waals surface area contributed by atoms with Crippen LogP contribution in [0, 0.1) is 0 Å². The van der Waals surface area contributed by atoms with Crippen molar-refractivity contribution in [1.82, 2.24) is 15.2 Å². The molecule has 1 N–H and O–H groups in total. The molecule has 2 aliphatic heterocycles. The van der Waals surface area contributed by atoms with Gasteiger partial charge in [0.2, 0.25) is 0 Å². The summed E-state index contributed by atoms with van der Waals surface area (Å²) in [4.78, 5) is 9.66. The molecule has 1 aromatic heterocycles. The summed E-state index contributed by atoms with van der Waals surface area (Å²) < 4.78 is 0. The highest BCUT2D eigenvalue weighted by atomic mass is 15.3. The Morgan fingerprint density at radius 3 is 2.95 bits per heavy atom. The second kappa shape index (κ2) is 5.88. The van der Waals surface area contributed by atoms with Gasteiger partial charge in [-0.2, -0.15) is 0 Å². The number of aromatic nitrogens is 1. The molecule has 0 spiro atoms. The number of hydrogen-bond donors (Lipinski definition) is 1. The maximum atomic E-state index is 4.54. The molecule has 104 valence electrons. The highest BCUT2D eigenvalue weighted by Gasteiger charge is 2.29. The van der Waals surface area contributed by atoms with Gasteiger partial charge in [0.25, 0.3) is 0 Å².